The van der Waals surface area contributed by atoms with Crippen LogP contribution in [0.5, 0.6) is 0 Å². The first kappa shape index (κ1) is 17.1. The largest absolute Gasteiger partial charge is 0.385 e. The van der Waals surface area contributed by atoms with Crippen LogP contribution in [-0.2, 0) is 14.4 Å². The second kappa shape index (κ2) is 5.35. The Morgan fingerprint density at radius 3 is 2.56 bits per heavy atom. The predicted molar refractivity (Wildman–Crippen MR) is 92.7 cm³/mol. The average Bonchev–Trinajstić information content (AvgIpc) is 2.91. The summed E-state index contributed by atoms with van der Waals surface area (Å²) in [7, 11) is 0. The van der Waals surface area contributed by atoms with Gasteiger partial charge in [-0.1, -0.05) is 19.4 Å². The molecule has 0 spiro atoms. The van der Waals surface area contributed by atoms with Gasteiger partial charge in [0.05, 0.1) is 0 Å². The van der Waals surface area contributed by atoms with Gasteiger partial charge in [-0.05, 0) is 62.4 Å². The van der Waals surface area contributed by atoms with E-state index >= 15 is 0 Å². The number of ketones is 3. The van der Waals surface area contributed by atoms with E-state index in [9.17, 15) is 19.5 Å². The van der Waals surface area contributed by atoms with Gasteiger partial charge in [-0.25, -0.2) is 0 Å². The average molecular weight is 344 g/mol. The lowest BCUT2D eigenvalue weighted by Gasteiger charge is -2.58. The first-order chi connectivity index (χ1) is 11.7. The molecule has 4 nitrogen and oxygen atoms in total. The summed E-state index contributed by atoms with van der Waals surface area (Å²) < 4.78 is 0. The van der Waals surface area contributed by atoms with Crippen LogP contribution in [0.15, 0.2) is 11.6 Å². The first-order valence-electron chi connectivity index (χ1n) is 9.67. The molecule has 4 aliphatic carbocycles. The molecule has 1 N–H and O–H groups in total. The minimum Gasteiger partial charge on any atom is -0.385 e. The van der Waals surface area contributed by atoms with E-state index in [0.29, 0.717) is 12.8 Å². The number of carbonyl (C=O) groups excluding carboxylic acids is 3. The Morgan fingerprint density at radius 1 is 1.16 bits per heavy atom. The van der Waals surface area contributed by atoms with Gasteiger partial charge in [0.1, 0.15) is 11.9 Å². The molecule has 4 aliphatic rings. The molecule has 0 aromatic rings. The van der Waals surface area contributed by atoms with Crippen LogP contribution in [0.3, 0.4) is 0 Å². The van der Waals surface area contributed by atoms with Gasteiger partial charge in [0, 0.05) is 23.7 Å². The summed E-state index contributed by atoms with van der Waals surface area (Å²) in [5, 5.41) is 11.0. The maximum atomic E-state index is 13.3. The second-order valence-corrected chi connectivity index (χ2v) is 9.25. The number of allylic oxidation sites excluding steroid dienone is 1. The zero-order valence-corrected chi connectivity index (χ0v) is 15.4. The molecule has 136 valence electrons. The van der Waals surface area contributed by atoms with Crippen LogP contribution in [0.25, 0.3) is 0 Å². The van der Waals surface area contributed by atoms with E-state index in [-0.39, 0.29) is 46.4 Å². The van der Waals surface area contributed by atoms with Crippen molar-refractivity contribution in [3.8, 4) is 0 Å². The number of rotatable bonds is 1. The Morgan fingerprint density at radius 2 is 1.88 bits per heavy atom. The molecule has 4 rings (SSSR count). The molecule has 0 heterocycles. The number of Topliss-reactive ketones (excluding diaryl/α,β-unsaturated/α-hetero) is 2. The standard InChI is InChI=1S/C21H28O4/c1-11(22)15-6-7-16-14-5-4-12-10-13(23)8-9-20(12,2)17(14)18(24)19(25)21(15,16)3/h10,14-17,19,25H,4-9H2,1-3H3/t14-,15+,16-,17+,19?,20-,21+/m0/s1. The summed E-state index contributed by atoms with van der Waals surface area (Å²) >= 11 is 0. The fourth-order valence-corrected chi connectivity index (χ4v) is 7.02. The van der Waals surface area contributed by atoms with Gasteiger partial charge in [0.2, 0.25) is 0 Å². The highest BCUT2D eigenvalue weighted by atomic mass is 16.3. The number of hydrogen-bond donors (Lipinski definition) is 1. The molecule has 0 aromatic carbocycles. The van der Waals surface area contributed by atoms with Crippen molar-refractivity contribution in [3.63, 3.8) is 0 Å². The zero-order valence-electron chi connectivity index (χ0n) is 15.4. The summed E-state index contributed by atoms with van der Waals surface area (Å²) in [6, 6.07) is 0. The molecule has 0 aromatic heterocycles. The molecule has 0 radical (unpaired) electrons. The third-order valence-electron chi connectivity index (χ3n) is 8.31. The smallest absolute Gasteiger partial charge is 0.166 e. The third kappa shape index (κ3) is 2.06. The van der Waals surface area contributed by atoms with Crippen molar-refractivity contribution < 1.29 is 19.5 Å². The quantitative estimate of drug-likeness (QED) is 0.794. The van der Waals surface area contributed by atoms with E-state index < -0.39 is 11.5 Å². The summed E-state index contributed by atoms with van der Waals surface area (Å²) in [5.41, 5.74) is 0.187. The fraction of sp³-hybridized carbons (Fsp3) is 0.762. The predicted octanol–water partition coefficient (Wildman–Crippen LogP) is 2.87. The molecule has 0 saturated heterocycles. The molecule has 0 aliphatic heterocycles. The maximum absolute atomic E-state index is 13.3. The van der Waals surface area contributed by atoms with Crippen LogP contribution in [-0.4, -0.2) is 28.6 Å². The Kier molecular flexibility index (Phi) is 3.67. The minimum absolute atomic E-state index is 0.0839. The van der Waals surface area contributed by atoms with Gasteiger partial charge in [0.25, 0.3) is 0 Å². The SMILES string of the molecule is CC(=O)[C@H]1CC[C@H]2[C@@H]3CCC4=CC(=O)CC[C@]4(C)[C@H]3C(=O)C(O)[C@]12C. The molecular weight excluding hydrogens is 316 g/mol. The van der Waals surface area contributed by atoms with E-state index in [2.05, 4.69) is 6.92 Å². The summed E-state index contributed by atoms with van der Waals surface area (Å²) in [6.45, 7) is 5.68. The molecule has 4 heteroatoms. The topological polar surface area (TPSA) is 71.4 Å². The van der Waals surface area contributed by atoms with Crippen molar-refractivity contribution in [2.45, 2.75) is 65.4 Å². The molecule has 7 atom stereocenters. The normalized spacial score (nSPS) is 49.1. The Bertz CT molecular complexity index is 692. The van der Waals surface area contributed by atoms with E-state index in [1.54, 1.807) is 13.0 Å². The molecule has 25 heavy (non-hydrogen) atoms. The van der Waals surface area contributed by atoms with Crippen molar-refractivity contribution in [2.75, 3.05) is 0 Å². The molecular formula is C21H28O4. The second-order valence-electron chi connectivity index (χ2n) is 9.25. The van der Waals surface area contributed by atoms with Crippen LogP contribution in [0.2, 0.25) is 0 Å². The molecule has 0 amide bonds. The lowest BCUT2D eigenvalue weighted by Crippen LogP contribution is -2.62. The Labute approximate surface area is 149 Å². The van der Waals surface area contributed by atoms with Gasteiger partial charge in [-0.2, -0.15) is 0 Å². The van der Waals surface area contributed by atoms with Gasteiger partial charge >= 0.3 is 0 Å². The van der Waals surface area contributed by atoms with Gasteiger partial charge < -0.3 is 5.11 Å². The lowest BCUT2D eigenvalue weighted by atomic mass is 9.45. The highest BCUT2D eigenvalue weighted by molar-refractivity contribution is 5.94. The van der Waals surface area contributed by atoms with Gasteiger partial charge in [-0.3, -0.25) is 14.4 Å². The van der Waals surface area contributed by atoms with Crippen LogP contribution in [0.4, 0.5) is 0 Å². The fourth-order valence-electron chi connectivity index (χ4n) is 7.02. The van der Waals surface area contributed by atoms with Gasteiger partial charge in [0.15, 0.2) is 11.6 Å². The molecule has 1 unspecified atom stereocenters. The highest BCUT2D eigenvalue weighted by Crippen LogP contribution is 2.65. The van der Waals surface area contributed by atoms with E-state index in [4.69, 9.17) is 0 Å². The summed E-state index contributed by atoms with van der Waals surface area (Å²) in [5.74, 6) is 0.197. The van der Waals surface area contributed by atoms with Crippen LogP contribution in [0.1, 0.15) is 59.3 Å². The van der Waals surface area contributed by atoms with Crippen LogP contribution < -0.4 is 0 Å². The monoisotopic (exact) mass is 344 g/mol. The molecule has 3 saturated carbocycles. The Hall–Kier alpha value is -1.29. The number of hydrogen-bond acceptors (Lipinski definition) is 4. The van der Waals surface area contributed by atoms with Crippen LogP contribution in [0, 0.1) is 34.5 Å². The maximum Gasteiger partial charge on any atom is 0.166 e. The van der Waals surface area contributed by atoms with E-state index in [1.807, 2.05) is 6.92 Å². The van der Waals surface area contributed by atoms with Crippen molar-refractivity contribution in [1.82, 2.24) is 0 Å². The first-order valence-corrected chi connectivity index (χ1v) is 9.67. The number of fused-ring (bicyclic) bond motifs is 5. The highest BCUT2D eigenvalue weighted by Gasteiger charge is 2.66. The van der Waals surface area contributed by atoms with Crippen LogP contribution >= 0.6 is 0 Å². The van der Waals surface area contributed by atoms with Crippen molar-refractivity contribution in [1.29, 1.82) is 0 Å². The van der Waals surface area contributed by atoms with E-state index in [0.717, 1.165) is 31.3 Å². The zero-order chi connectivity index (χ0) is 18.1. The molecule has 3 fully saturated rings. The summed E-state index contributed by atoms with van der Waals surface area (Å²) in [6.07, 6.45) is 5.35. The van der Waals surface area contributed by atoms with Gasteiger partial charge in [-0.15, -0.1) is 0 Å². The summed E-state index contributed by atoms with van der Waals surface area (Å²) in [4.78, 5) is 37.4. The van der Waals surface area contributed by atoms with Crippen molar-refractivity contribution in [2.24, 2.45) is 34.5 Å². The Balaban J connectivity index is 1.79. The van der Waals surface area contributed by atoms with Crippen molar-refractivity contribution in [3.05, 3.63) is 11.6 Å². The number of aliphatic hydroxyl groups is 1. The number of carbonyl (C=O) groups is 3. The third-order valence-corrected chi connectivity index (χ3v) is 8.31. The lowest BCUT2D eigenvalue weighted by molar-refractivity contribution is -0.170. The number of aliphatic hydroxyl groups excluding tert-OH is 1. The van der Waals surface area contributed by atoms with E-state index in [1.165, 1.54) is 0 Å². The van der Waals surface area contributed by atoms with Crippen molar-refractivity contribution >= 4 is 17.3 Å². The molecule has 0 bridgehead atoms. The minimum atomic E-state index is -1.07.